The first-order chi connectivity index (χ1) is 14.5. The lowest BCUT2D eigenvalue weighted by molar-refractivity contribution is -0.126. The average Bonchev–Trinajstić information content (AvgIpc) is 3.10. The van der Waals surface area contributed by atoms with Gasteiger partial charge in [-0.2, -0.15) is 0 Å². The van der Waals surface area contributed by atoms with E-state index in [1.165, 1.54) is 6.07 Å². The number of alkyl halides is 1. The molecule has 1 N–H and O–H groups in total. The van der Waals surface area contributed by atoms with Crippen molar-refractivity contribution in [2.75, 3.05) is 6.54 Å². The maximum absolute atomic E-state index is 14.2. The van der Waals surface area contributed by atoms with E-state index in [0.717, 1.165) is 10.5 Å². The SMILES string of the molecule is CC(C)(C)OC(=O)N1CC(F)C[C@@H]1C(=O)NC(c1ccccc1)c1ccc(Br)c(F)c1. The molecule has 1 fully saturated rings. The van der Waals surface area contributed by atoms with Crippen LogP contribution in [0.25, 0.3) is 0 Å². The van der Waals surface area contributed by atoms with Gasteiger partial charge >= 0.3 is 6.09 Å². The summed E-state index contributed by atoms with van der Waals surface area (Å²) >= 11 is 3.13. The summed E-state index contributed by atoms with van der Waals surface area (Å²) in [5.41, 5.74) is 0.489. The summed E-state index contributed by atoms with van der Waals surface area (Å²) in [6, 6.07) is 12.0. The van der Waals surface area contributed by atoms with Gasteiger partial charge in [-0.15, -0.1) is 0 Å². The lowest BCUT2D eigenvalue weighted by Crippen LogP contribution is -2.48. The Bertz CT molecular complexity index is 950. The van der Waals surface area contributed by atoms with Crippen LogP contribution < -0.4 is 5.32 Å². The fourth-order valence-corrected chi connectivity index (χ4v) is 3.74. The van der Waals surface area contributed by atoms with Crippen LogP contribution in [0.3, 0.4) is 0 Å². The summed E-state index contributed by atoms with van der Waals surface area (Å²) in [5, 5.41) is 2.87. The lowest BCUT2D eigenvalue weighted by Gasteiger charge is -2.29. The second-order valence-electron chi connectivity index (χ2n) is 8.51. The topological polar surface area (TPSA) is 58.6 Å². The monoisotopic (exact) mass is 494 g/mol. The standard InChI is InChI=1S/C23H25BrF2N2O3/c1-23(2,3)31-22(30)28-13-16(25)12-19(28)21(29)27-20(14-7-5-4-6-8-14)15-9-10-17(24)18(26)11-15/h4-11,16,19-20H,12-13H2,1-3H3,(H,27,29)/t16?,19-,20?/m1/s1. The highest BCUT2D eigenvalue weighted by atomic mass is 79.9. The van der Waals surface area contributed by atoms with Gasteiger partial charge in [0.05, 0.1) is 17.1 Å². The number of rotatable bonds is 4. The third-order valence-corrected chi connectivity index (χ3v) is 5.52. The molecule has 1 aliphatic rings. The predicted molar refractivity (Wildman–Crippen MR) is 117 cm³/mol. The molecule has 0 aromatic heterocycles. The van der Waals surface area contributed by atoms with Gasteiger partial charge in [0.2, 0.25) is 5.91 Å². The first-order valence-corrected chi connectivity index (χ1v) is 10.8. The molecule has 1 heterocycles. The van der Waals surface area contributed by atoms with E-state index >= 15 is 0 Å². The number of carbonyl (C=O) groups is 2. The molecule has 0 bridgehead atoms. The van der Waals surface area contributed by atoms with Crippen LogP contribution in [0.4, 0.5) is 13.6 Å². The van der Waals surface area contributed by atoms with E-state index in [1.54, 1.807) is 32.9 Å². The van der Waals surface area contributed by atoms with Gasteiger partial charge in [-0.3, -0.25) is 9.69 Å². The molecule has 1 saturated heterocycles. The Morgan fingerprint density at radius 3 is 2.45 bits per heavy atom. The van der Waals surface area contributed by atoms with Crippen LogP contribution in [0, 0.1) is 5.82 Å². The first kappa shape index (κ1) is 23.2. The largest absolute Gasteiger partial charge is 0.444 e. The third kappa shape index (κ3) is 5.81. The van der Waals surface area contributed by atoms with Crippen molar-refractivity contribution in [3.05, 3.63) is 69.9 Å². The van der Waals surface area contributed by atoms with Crippen molar-refractivity contribution in [2.45, 2.75) is 51.0 Å². The maximum atomic E-state index is 14.2. The van der Waals surface area contributed by atoms with Gasteiger partial charge in [0.25, 0.3) is 0 Å². The summed E-state index contributed by atoms with van der Waals surface area (Å²) < 4.78 is 34.0. The number of carbonyl (C=O) groups excluding carboxylic acids is 2. The van der Waals surface area contributed by atoms with Crippen molar-refractivity contribution >= 4 is 27.9 Å². The minimum atomic E-state index is -1.33. The number of nitrogens with zero attached hydrogens (tertiary/aromatic N) is 1. The fraction of sp³-hybridized carbons (Fsp3) is 0.391. The molecule has 2 aromatic rings. The van der Waals surface area contributed by atoms with Crippen LogP contribution in [-0.2, 0) is 9.53 Å². The number of hydrogen-bond acceptors (Lipinski definition) is 3. The molecular formula is C23H25BrF2N2O3. The number of likely N-dealkylation sites (tertiary alicyclic amines) is 1. The Hall–Kier alpha value is -2.48. The summed E-state index contributed by atoms with van der Waals surface area (Å²) in [7, 11) is 0. The zero-order valence-electron chi connectivity index (χ0n) is 17.6. The van der Waals surface area contributed by atoms with E-state index in [1.807, 2.05) is 30.3 Å². The van der Waals surface area contributed by atoms with Gasteiger partial charge < -0.3 is 10.1 Å². The lowest BCUT2D eigenvalue weighted by atomic mass is 9.98. The fourth-order valence-electron chi connectivity index (χ4n) is 3.49. The summed E-state index contributed by atoms with van der Waals surface area (Å²) in [6.45, 7) is 4.90. The molecule has 31 heavy (non-hydrogen) atoms. The quantitative estimate of drug-likeness (QED) is 0.639. The van der Waals surface area contributed by atoms with Crippen LogP contribution in [0.1, 0.15) is 44.4 Å². The van der Waals surface area contributed by atoms with Crippen LogP contribution >= 0.6 is 15.9 Å². The Kier molecular flexibility index (Phi) is 6.99. The van der Waals surface area contributed by atoms with Gasteiger partial charge in [-0.1, -0.05) is 36.4 Å². The van der Waals surface area contributed by atoms with Crippen LogP contribution in [0.15, 0.2) is 53.0 Å². The molecule has 5 nitrogen and oxygen atoms in total. The molecule has 8 heteroatoms. The van der Waals surface area contributed by atoms with Crippen molar-refractivity contribution in [1.29, 1.82) is 0 Å². The van der Waals surface area contributed by atoms with Crippen molar-refractivity contribution < 1.29 is 23.1 Å². The van der Waals surface area contributed by atoms with E-state index < -0.39 is 41.7 Å². The van der Waals surface area contributed by atoms with E-state index in [9.17, 15) is 18.4 Å². The Morgan fingerprint density at radius 1 is 1.16 bits per heavy atom. The molecule has 0 aliphatic carbocycles. The van der Waals surface area contributed by atoms with E-state index in [-0.39, 0.29) is 13.0 Å². The molecule has 2 aromatic carbocycles. The second-order valence-corrected chi connectivity index (χ2v) is 9.36. The maximum Gasteiger partial charge on any atom is 0.411 e. The molecule has 0 spiro atoms. The summed E-state index contributed by atoms with van der Waals surface area (Å²) in [4.78, 5) is 26.8. The van der Waals surface area contributed by atoms with E-state index in [0.29, 0.717) is 10.0 Å². The molecule has 1 aliphatic heterocycles. The van der Waals surface area contributed by atoms with Crippen molar-refractivity contribution in [2.24, 2.45) is 0 Å². The van der Waals surface area contributed by atoms with Gasteiger partial charge in [0, 0.05) is 6.42 Å². The number of hydrogen-bond donors (Lipinski definition) is 1. The zero-order chi connectivity index (χ0) is 22.8. The van der Waals surface area contributed by atoms with Crippen LogP contribution in [0.5, 0.6) is 0 Å². The van der Waals surface area contributed by atoms with Gasteiger partial charge in [0.15, 0.2) is 0 Å². The highest BCUT2D eigenvalue weighted by Crippen LogP contribution is 2.28. The van der Waals surface area contributed by atoms with Gasteiger partial charge in [0.1, 0.15) is 23.6 Å². The number of ether oxygens (including phenoxy) is 1. The van der Waals surface area contributed by atoms with E-state index in [4.69, 9.17) is 4.74 Å². The molecule has 166 valence electrons. The highest BCUT2D eigenvalue weighted by molar-refractivity contribution is 9.10. The minimum absolute atomic E-state index is 0.124. The zero-order valence-corrected chi connectivity index (χ0v) is 19.2. The minimum Gasteiger partial charge on any atom is -0.444 e. The van der Waals surface area contributed by atoms with Gasteiger partial charge in [-0.25, -0.2) is 13.6 Å². The first-order valence-electron chi connectivity index (χ1n) is 9.99. The molecule has 3 atom stereocenters. The van der Waals surface area contributed by atoms with Crippen molar-refractivity contribution in [3.8, 4) is 0 Å². The summed E-state index contributed by atoms with van der Waals surface area (Å²) in [5.74, 6) is -0.990. The average molecular weight is 495 g/mol. The predicted octanol–water partition coefficient (Wildman–Crippen LogP) is 5.14. The normalized spacial score (nSPS) is 19.7. The van der Waals surface area contributed by atoms with Crippen molar-refractivity contribution in [1.82, 2.24) is 10.2 Å². The number of halogens is 3. The third-order valence-electron chi connectivity index (χ3n) is 4.88. The van der Waals surface area contributed by atoms with E-state index in [2.05, 4.69) is 21.2 Å². The van der Waals surface area contributed by atoms with Crippen LogP contribution in [0.2, 0.25) is 0 Å². The van der Waals surface area contributed by atoms with Gasteiger partial charge in [-0.05, 0) is 60.0 Å². The second kappa shape index (κ2) is 9.34. The molecule has 0 radical (unpaired) electrons. The van der Waals surface area contributed by atoms with Crippen molar-refractivity contribution in [3.63, 3.8) is 0 Å². The molecule has 0 saturated carbocycles. The number of benzene rings is 2. The smallest absolute Gasteiger partial charge is 0.411 e. The Labute approximate surface area is 188 Å². The Balaban J connectivity index is 1.87. The molecular weight excluding hydrogens is 470 g/mol. The Morgan fingerprint density at radius 2 is 1.84 bits per heavy atom. The molecule has 2 amide bonds. The highest BCUT2D eigenvalue weighted by Gasteiger charge is 2.42. The molecule has 3 rings (SSSR count). The van der Waals surface area contributed by atoms with Crippen LogP contribution in [-0.4, -0.2) is 41.3 Å². The molecule has 2 unspecified atom stereocenters. The summed E-state index contributed by atoms with van der Waals surface area (Å²) in [6.07, 6.45) is -2.19. The number of amides is 2. The number of nitrogens with one attached hydrogen (secondary N) is 1.